The average Bonchev–Trinajstić information content (AvgIpc) is 2.36. The van der Waals surface area contributed by atoms with Crippen molar-refractivity contribution in [3.63, 3.8) is 0 Å². The summed E-state index contributed by atoms with van der Waals surface area (Å²) in [7, 11) is 0. The second kappa shape index (κ2) is 5.94. The van der Waals surface area contributed by atoms with E-state index in [4.69, 9.17) is 4.74 Å². The molecule has 0 spiro atoms. The number of hydrogen-bond acceptors (Lipinski definition) is 2. The zero-order valence-electron chi connectivity index (χ0n) is 12.4. The molecular formula is C17H26O2. The van der Waals surface area contributed by atoms with Crippen LogP contribution in [0.4, 0.5) is 0 Å². The van der Waals surface area contributed by atoms with Crippen molar-refractivity contribution >= 4 is 5.97 Å². The van der Waals surface area contributed by atoms with Crippen molar-refractivity contribution in [1.82, 2.24) is 0 Å². The van der Waals surface area contributed by atoms with Crippen molar-refractivity contribution in [3.05, 3.63) is 23.8 Å². The lowest BCUT2D eigenvalue weighted by Gasteiger charge is -2.44. The Kier molecular flexibility index (Phi) is 4.49. The van der Waals surface area contributed by atoms with Crippen molar-refractivity contribution in [2.45, 2.75) is 46.5 Å². The van der Waals surface area contributed by atoms with Crippen LogP contribution >= 0.6 is 0 Å². The molecule has 2 nitrogen and oxygen atoms in total. The summed E-state index contributed by atoms with van der Waals surface area (Å²) >= 11 is 0. The number of allylic oxidation sites excluding steroid dienone is 2. The molecule has 106 valence electrons. The van der Waals surface area contributed by atoms with Crippen LogP contribution in [0, 0.1) is 23.7 Å². The smallest absolute Gasteiger partial charge is 0.302 e. The van der Waals surface area contributed by atoms with Crippen LogP contribution in [0.2, 0.25) is 0 Å². The van der Waals surface area contributed by atoms with Gasteiger partial charge in [-0.3, -0.25) is 4.79 Å². The molecule has 4 atom stereocenters. The van der Waals surface area contributed by atoms with Crippen LogP contribution in [0.3, 0.4) is 0 Å². The monoisotopic (exact) mass is 262 g/mol. The van der Waals surface area contributed by atoms with Gasteiger partial charge in [0.1, 0.15) is 6.61 Å². The fraction of sp³-hybridized carbons (Fsp3) is 0.706. The zero-order valence-corrected chi connectivity index (χ0v) is 12.4. The van der Waals surface area contributed by atoms with Gasteiger partial charge in [-0.25, -0.2) is 0 Å². The Hall–Kier alpha value is -1.05. The molecule has 1 fully saturated rings. The molecule has 2 aliphatic rings. The van der Waals surface area contributed by atoms with Crippen LogP contribution in [0.15, 0.2) is 23.8 Å². The molecular weight excluding hydrogens is 236 g/mol. The molecule has 0 aromatic heterocycles. The van der Waals surface area contributed by atoms with Gasteiger partial charge in [-0.1, -0.05) is 25.2 Å². The van der Waals surface area contributed by atoms with Gasteiger partial charge in [-0.05, 0) is 61.9 Å². The largest absolute Gasteiger partial charge is 0.461 e. The minimum absolute atomic E-state index is 0.184. The molecule has 0 saturated heterocycles. The molecule has 0 aromatic rings. The number of carbonyl (C=O) groups is 1. The maximum absolute atomic E-state index is 10.9. The zero-order chi connectivity index (χ0) is 14.0. The standard InChI is InChI=1S/C17H26O2/c1-11(2)15-7-5-12(3)16-8-6-14(9-17(15)16)10-19-13(4)18/h9,12,15-17H,1,5-8,10H2,2-4H3/t12-,15+,16+,17+/m0/s1. The Labute approximate surface area is 116 Å². The molecule has 0 unspecified atom stereocenters. The fourth-order valence-corrected chi connectivity index (χ4v) is 3.84. The number of ether oxygens (including phenoxy) is 1. The predicted molar refractivity (Wildman–Crippen MR) is 77.6 cm³/mol. The van der Waals surface area contributed by atoms with Crippen LogP contribution in [0.5, 0.6) is 0 Å². The summed E-state index contributed by atoms with van der Waals surface area (Å²) in [4.78, 5) is 10.9. The van der Waals surface area contributed by atoms with E-state index in [9.17, 15) is 4.79 Å². The lowest BCUT2D eigenvalue weighted by molar-refractivity contribution is -0.140. The molecule has 0 heterocycles. The van der Waals surface area contributed by atoms with E-state index in [1.165, 1.54) is 37.3 Å². The van der Waals surface area contributed by atoms with Crippen LogP contribution in [-0.2, 0) is 9.53 Å². The third kappa shape index (κ3) is 3.29. The van der Waals surface area contributed by atoms with Crippen LogP contribution in [-0.4, -0.2) is 12.6 Å². The topological polar surface area (TPSA) is 26.3 Å². The second-order valence-corrected chi connectivity index (χ2v) is 6.39. The first-order valence-electron chi connectivity index (χ1n) is 7.47. The Morgan fingerprint density at radius 1 is 1.37 bits per heavy atom. The van der Waals surface area contributed by atoms with E-state index >= 15 is 0 Å². The van der Waals surface area contributed by atoms with E-state index in [1.807, 2.05) is 0 Å². The quantitative estimate of drug-likeness (QED) is 0.565. The van der Waals surface area contributed by atoms with Crippen LogP contribution in [0.25, 0.3) is 0 Å². The lowest BCUT2D eigenvalue weighted by Crippen LogP contribution is -2.35. The van der Waals surface area contributed by atoms with Gasteiger partial charge < -0.3 is 4.74 Å². The van der Waals surface area contributed by atoms with E-state index in [2.05, 4.69) is 26.5 Å². The Balaban J connectivity index is 2.12. The van der Waals surface area contributed by atoms with Crippen molar-refractivity contribution in [2.24, 2.45) is 23.7 Å². The Morgan fingerprint density at radius 2 is 2.11 bits per heavy atom. The van der Waals surface area contributed by atoms with E-state index in [-0.39, 0.29) is 5.97 Å². The first kappa shape index (κ1) is 14.4. The highest BCUT2D eigenvalue weighted by Gasteiger charge is 2.38. The van der Waals surface area contributed by atoms with E-state index < -0.39 is 0 Å². The molecule has 2 rings (SSSR count). The predicted octanol–water partition coefficient (Wildman–Crippen LogP) is 4.12. The fourth-order valence-electron chi connectivity index (χ4n) is 3.84. The molecule has 2 aliphatic carbocycles. The van der Waals surface area contributed by atoms with E-state index in [1.54, 1.807) is 0 Å². The number of hydrogen-bond donors (Lipinski definition) is 0. The number of rotatable bonds is 3. The molecule has 0 aromatic carbocycles. The molecule has 1 saturated carbocycles. The third-order valence-electron chi connectivity index (χ3n) is 4.94. The Morgan fingerprint density at radius 3 is 2.74 bits per heavy atom. The average molecular weight is 262 g/mol. The number of esters is 1. The molecule has 0 bridgehead atoms. The molecule has 0 radical (unpaired) electrons. The summed E-state index contributed by atoms with van der Waals surface area (Å²) in [6.07, 6.45) is 7.30. The highest BCUT2D eigenvalue weighted by atomic mass is 16.5. The van der Waals surface area contributed by atoms with Gasteiger partial charge in [0.05, 0.1) is 0 Å². The summed E-state index contributed by atoms with van der Waals surface area (Å²) in [5.41, 5.74) is 2.61. The summed E-state index contributed by atoms with van der Waals surface area (Å²) in [6.45, 7) is 10.7. The normalized spacial score (nSPS) is 34.2. The Bertz CT molecular complexity index is 394. The first-order valence-corrected chi connectivity index (χ1v) is 7.47. The number of fused-ring (bicyclic) bond motifs is 1. The van der Waals surface area contributed by atoms with Gasteiger partial charge in [0.25, 0.3) is 0 Å². The van der Waals surface area contributed by atoms with E-state index in [0.29, 0.717) is 18.4 Å². The summed E-state index contributed by atoms with van der Waals surface area (Å²) in [5, 5.41) is 0. The summed E-state index contributed by atoms with van der Waals surface area (Å²) < 4.78 is 5.15. The summed E-state index contributed by atoms with van der Waals surface area (Å²) in [6, 6.07) is 0. The van der Waals surface area contributed by atoms with Gasteiger partial charge in [0.15, 0.2) is 0 Å². The van der Waals surface area contributed by atoms with Gasteiger partial charge in [-0.15, -0.1) is 0 Å². The van der Waals surface area contributed by atoms with Gasteiger partial charge >= 0.3 is 5.97 Å². The molecule has 0 aliphatic heterocycles. The van der Waals surface area contributed by atoms with Crippen LogP contribution < -0.4 is 0 Å². The van der Waals surface area contributed by atoms with Crippen molar-refractivity contribution in [2.75, 3.05) is 6.61 Å². The maximum atomic E-state index is 10.9. The number of carbonyl (C=O) groups excluding carboxylic acids is 1. The van der Waals surface area contributed by atoms with Gasteiger partial charge in [0, 0.05) is 6.92 Å². The maximum Gasteiger partial charge on any atom is 0.302 e. The van der Waals surface area contributed by atoms with Crippen LogP contribution in [0.1, 0.15) is 46.5 Å². The molecule has 0 amide bonds. The van der Waals surface area contributed by atoms with E-state index in [0.717, 1.165) is 18.3 Å². The van der Waals surface area contributed by atoms with Crippen molar-refractivity contribution < 1.29 is 9.53 Å². The highest BCUT2D eigenvalue weighted by Crippen LogP contribution is 2.47. The second-order valence-electron chi connectivity index (χ2n) is 6.39. The molecule has 2 heteroatoms. The third-order valence-corrected chi connectivity index (χ3v) is 4.94. The summed E-state index contributed by atoms with van der Waals surface area (Å²) in [5.74, 6) is 2.65. The van der Waals surface area contributed by atoms with Crippen molar-refractivity contribution in [1.29, 1.82) is 0 Å². The molecule has 19 heavy (non-hydrogen) atoms. The van der Waals surface area contributed by atoms with Gasteiger partial charge in [0.2, 0.25) is 0 Å². The lowest BCUT2D eigenvalue weighted by atomic mass is 9.61. The molecule has 0 N–H and O–H groups in total. The SMILES string of the molecule is C=C(C)[C@H]1CC[C@H](C)[C@H]2CCC(COC(C)=O)=C[C@@H]21. The minimum atomic E-state index is -0.184. The minimum Gasteiger partial charge on any atom is -0.461 e. The first-order chi connectivity index (χ1) is 8.99. The van der Waals surface area contributed by atoms with Gasteiger partial charge in [-0.2, -0.15) is 0 Å². The van der Waals surface area contributed by atoms with Crippen molar-refractivity contribution in [3.8, 4) is 0 Å². The highest BCUT2D eigenvalue weighted by molar-refractivity contribution is 5.66.